The summed E-state index contributed by atoms with van der Waals surface area (Å²) in [5.41, 5.74) is 0.847. The Hall–Kier alpha value is -2.87. The average Bonchev–Trinajstić information content (AvgIpc) is 2.54. The predicted molar refractivity (Wildman–Crippen MR) is 75.1 cm³/mol. The highest BCUT2D eigenvalue weighted by molar-refractivity contribution is 6.04. The zero-order valence-corrected chi connectivity index (χ0v) is 11.5. The summed E-state index contributed by atoms with van der Waals surface area (Å²) in [5.74, 6) is -1.43. The third-order valence-corrected chi connectivity index (χ3v) is 2.96. The lowest BCUT2D eigenvalue weighted by atomic mass is 10.1. The lowest BCUT2D eigenvalue weighted by Gasteiger charge is -2.09. The number of carbonyl (C=O) groups is 2. The maximum absolute atomic E-state index is 12.6. The van der Waals surface area contributed by atoms with Crippen molar-refractivity contribution in [3.05, 3.63) is 65.2 Å². The van der Waals surface area contributed by atoms with Crippen molar-refractivity contribution in [3.8, 4) is 0 Å². The number of hydrogen-bond donors (Lipinski definition) is 3. The molecule has 0 radical (unpaired) electrons. The first-order valence-corrected chi connectivity index (χ1v) is 6.34. The Morgan fingerprint density at radius 3 is 2.13 bits per heavy atom. The monoisotopic (exact) mass is 324 g/mol. The van der Waals surface area contributed by atoms with Crippen molar-refractivity contribution in [1.82, 2.24) is 5.48 Å². The third kappa shape index (κ3) is 4.07. The third-order valence-electron chi connectivity index (χ3n) is 2.96. The lowest BCUT2D eigenvalue weighted by Crippen LogP contribution is -2.18. The number of hydroxylamine groups is 1. The SMILES string of the molecule is O=C(NO)c1ccc(NC(=O)c2cccc(C(F)(F)F)c2)cc1. The molecule has 3 N–H and O–H groups in total. The van der Waals surface area contributed by atoms with Gasteiger partial charge in [-0.1, -0.05) is 6.07 Å². The Morgan fingerprint density at radius 2 is 1.57 bits per heavy atom. The molecule has 0 spiro atoms. The molecule has 2 aromatic rings. The van der Waals surface area contributed by atoms with Crippen LogP contribution in [0.1, 0.15) is 26.3 Å². The number of carbonyl (C=O) groups excluding carboxylic acids is 2. The molecule has 0 saturated heterocycles. The molecular formula is C15H11F3N2O3. The van der Waals surface area contributed by atoms with Crippen LogP contribution in [-0.2, 0) is 6.18 Å². The highest BCUT2D eigenvalue weighted by Crippen LogP contribution is 2.29. The Morgan fingerprint density at radius 1 is 0.913 bits per heavy atom. The molecule has 2 aromatic carbocycles. The first-order valence-electron chi connectivity index (χ1n) is 6.34. The second-order valence-corrected chi connectivity index (χ2v) is 4.55. The number of benzene rings is 2. The van der Waals surface area contributed by atoms with E-state index in [0.717, 1.165) is 18.2 Å². The van der Waals surface area contributed by atoms with E-state index in [0.29, 0.717) is 5.69 Å². The number of amides is 2. The second kappa shape index (κ2) is 6.49. The molecule has 0 unspecified atom stereocenters. The number of hydrogen-bond acceptors (Lipinski definition) is 3. The van der Waals surface area contributed by atoms with Crippen molar-refractivity contribution in [3.63, 3.8) is 0 Å². The summed E-state index contributed by atoms with van der Waals surface area (Å²) in [6.45, 7) is 0. The van der Waals surface area contributed by atoms with Crippen molar-refractivity contribution < 1.29 is 28.0 Å². The van der Waals surface area contributed by atoms with E-state index in [-0.39, 0.29) is 11.1 Å². The van der Waals surface area contributed by atoms with Gasteiger partial charge in [0.05, 0.1) is 5.56 Å². The molecule has 0 aliphatic rings. The van der Waals surface area contributed by atoms with Crippen LogP contribution in [0.15, 0.2) is 48.5 Å². The summed E-state index contributed by atoms with van der Waals surface area (Å²) in [4.78, 5) is 23.1. The van der Waals surface area contributed by atoms with Gasteiger partial charge in [0.2, 0.25) is 0 Å². The van der Waals surface area contributed by atoms with Gasteiger partial charge in [-0.25, -0.2) is 5.48 Å². The summed E-state index contributed by atoms with van der Waals surface area (Å²) in [7, 11) is 0. The van der Waals surface area contributed by atoms with Gasteiger partial charge in [-0.15, -0.1) is 0 Å². The highest BCUT2D eigenvalue weighted by atomic mass is 19.4. The van der Waals surface area contributed by atoms with E-state index >= 15 is 0 Å². The summed E-state index contributed by atoms with van der Waals surface area (Å²) < 4.78 is 37.9. The van der Waals surface area contributed by atoms with Gasteiger partial charge in [0, 0.05) is 16.8 Å². The fourth-order valence-corrected chi connectivity index (χ4v) is 1.81. The van der Waals surface area contributed by atoms with Crippen molar-refractivity contribution in [2.24, 2.45) is 0 Å². The molecule has 0 bridgehead atoms. The Bertz CT molecular complexity index is 727. The highest BCUT2D eigenvalue weighted by Gasteiger charge is 2.30. The Balaban J connectivity index is 2.15. The number of nitrogens with one attached hydrogen (secondary N) is 2. The number of anilines is 1. The molecule has 0 atom stereocenters. The molecule has 0 fully saturated rings. The van der Waals surface area contributed by atoms with Crippen LogP contribution in [0.25, 0.3) is 0 Å². The van der Waals surface area contributed by atoms with Crippen LogP contribution < -0.4 is 10.8 Å². The molecule has 0 aliphatic carbocycles. The molecule has 23 heavy (non-hydrogen) atoms. The summed E-state index contributed by atoms with van der Waals surface area (Å²) in [5, 5.41) is 10.9. The molecule has 0 aliphatic heterocycles. The van der Waals surface area contributed by atoms with E-state index in [1.165, 1.54) is 35.8 Å². The van der Waals surface area contributed by atoms with Gasteiger partial charge in [0.25, 0.3) is 11.8 Å². The van der Waals surface area contributed by atoms with Gasteiger partial charge in [-0.05, 0) is 42.5 Å². The fraction of sp³-hybridized carbons (Fsp3) is 0.0667. The molecule has 0 aromatic heterocycles. The molecule has 0 heterocycles. The Labute approximate surface area is 128 Å². The summed E-state index contributed by atoms with van der Waals surface area (Å²) in [6, 6.07) is 9.49. The van der Waals surface area contributed by atoms with Crippen LogP contribution in [0.5, 0.6) is 0 Å². The normalized spacial score (nSPS) is 11.0. The van der Waals surface area contributed by atoms with Crippen LogP contribution in [-0.4, -0.2) is 17.0 Å². The molecule has 0 saturated carbocycles. The van der Waals surface area contributed by atoms with E-state index in [2.05, 4.69) is 5.32 Å². The van der Waals surface area contributed by atoms with E-state index in [4.69, 9.17) is 5.21 Å². The summed E-state index contributed by atoms with van der Waals surface area (Å²) in [6.07, 6.45) is -4.53. The topological polar surface area (TPSA) is 78.4 Å². The van der Waals surface area contributed by atoms with Gasteiger partial charge in [0.1, 0.15) is 0 Å². The molecule has 120 valence electrons. The summed E-state index contributed by atoms with van der Waals surface area (Å²) >= 11 is 0. The van der Waals surface area contributed by atoms with E-state index < -0.39 is 23.6 Å². The molecular weight excluding hydrogens is 313 g/mol. The van der Waals surface area contributed by atoms with Crippen LogP contribution in [0.3, 0.4) is 0 Å². The van der Waals surface area contributed by atoms with Gasteiger partial charge in [0.15, 0.2) is 0 Å². The standard InChI is InChI=1S/C15H11F3N2O3/c16-15(17,18)11-3-1-2-10(8-11)13(21)19-12-6-4-9(5-7-12)14(22)20-23/h1-8,23H,(H,19,21)(H,20,22). The van der Waals surface area contributed by atoms with E-state index in [9.17, 15) is 22.8 Å². The van der Waals surface area contributed by atoms with Crippen LogP contribution in [0.4, 0.5) is 18.9 Å². The van der Waals surface area contributed by atoms with Gasteiger partial charge >= 0.3 is 6.18 Å². The zero-order valence-electron chi connectivity index (χ0n) is 11.5. The first kappa shape index (κ1) is 16.5. The van der Waals surface area contributed by atoms with Gasteiger partial charge in [-0.3, -0.25) is 14.8 Å². The van der Waals surface area contributed by atoms with Crippen LogP contribution >= 0.6 is 0 Å². The molecule has 2 rings (SSSR count). The van der Waals surface area contributed by atoms with E-state index in [1.807, 2.05) is 0 Å². The predicted octanol–water partition coefficient (Wildman–Crippen LogP) is 3.08. The Kier molecular flexibility index (Phi) is 4.65. The van der Waals surface area contributed by atoms with E-state index in [1.54, 1.807) is 0 Å². The van der Waals surface area contributed by atoms with Gasteiger partial charge < -0.3 is 5.32 Å². The van der Waals surface area contributed by atoms with Crippen molar-refractivity contribution >= 4 is 17.5 Å². The zero-order chi connectivity index (χ0) is 17.0. The van der Waals surface area contributed by atoms with Gasteiger partial charge in [-0.2, -0.15) is 13.2 Å². The number of rotatable bonds is 3. The molecule has 2 amide bonds. The van der Waals surface area contributed by atoms with Crippen LogP contribution in [0.2, 0.25) is 0 Å². The number of alkyl halides is 3. The fourth-order valence-electron chi connectivity index (χ4n) is 1.81. The first-order chi connectivity index (χ1) is 10.8. The van der Waals surface area contributed by atoms with Crippen LogP contribution in [0, 0.1) is 0 Å². The maximum atomic E-state index is 12.6. The lowest BCUT2D eigenvalue weighted by molar-refractivity contribution is -0.137. The minimum atomic E-state index is -4.53. The molecule has 5 nitrogen and oxygen atoms in total. The largest absolute Gasteiger partial charge is 0.416 e. The smallest absolute Gasteiger partial charge is 0.322 e. The minimum absolute atomic E-state index is 0.142. The quantitative estimate of drug-likeness (QED) is 0.600. The maximum Gasteiger partial charge on any atom is 0.416 e. The average molecular weight is 324 g/mol. The van der Waals surface area contributed by atoms with Crippen molar-refractivity contribution in [2.75, 3.05) is 5.32 Å². The van der Waals surface area contributed by atoms with Crippen molar-refractivity contribution in [2.45, 2.75) is 6.18 Å². The molecule has 8 heteroatoms. The van der Waals surface area contributed by atoms with Crippen molar-refractivity contribution in [1.29, 1.82) is 0 Å². The second-order valence-electron chi connectivity index (χ2n) is 4.55. The minimum Gasteiger partial charge on any atom is -0.322 e. The number of halogens is 3.